The second kappa shape index (κ2) is 10.3. The van der Waals surface area contributed by atoms with Gasteiger partial charge in [-0.1, -0.05) is 54.1 Å². The number of hydrogen-bond donors (Lipinski definition) is 1. The molecule has 0 fully saturated rings. The molecule has 3 aromatic rings. The Hall–Kier alpha value is -3.38. The van der Waals surface area contributed by atoms with Crippen LogP contribution in [0.5, 0.6) is 0 Å². The zero-order chi connectivity index (χ0) is 23.3. The van der Waals surface area contributed by atoms with E-state index in [-0.39, 0.29) is 24.1 Å². The minimum atomic E-state index is -0.689. The molecule has 1 N–H and O–H groups in total. The Balaban J connectivity index is 1.79. The van der Waals surface area contributed by atoms with Crippen molar-refractivity contribution in [3.63, 3.8) is 0 Å². The highest BCUT2D eigenvalue weighted by molar-refractivity contribution is 6.31. The first kappa shape index (κ1) is 23.3. The number of amides is 1. The highest BCUT2D eigenvalue weighted by Crippen LogP contribution is 2.27. The molecular formula is C25H24ClNO5. The van der Waals surface area contributed by atoms with Gasteiger partial charge in [0.25, 0.3) is 5.91 Å². The quantitative estimate of drug-likeness (QED) is 0.353. The fraction of sp³-hybridized carbons (Fsp3) is 0.240. The number of esters is 1. The van der Waals surface area contributed by atoms with Crippen molar-refractivity contribution in [2.24, 2.45) is 0 Å². The fourth-order valence-electron chi connectivity index (χ4n) is 3.19. The summed E-state index contributed by atoms with van der Waals surface area (Å²) >= 11 is 6.31. The monoisotopic (exact) mass is 453 g/mol. The van der Waals surface area contributed by atoms with Crippen LogP contribution >= 0.6 is 11.6 Å². The van der Waals surface area contributed by atoms with Gasteiger partial charge in [-0.05, 0) is 44.5 Å². The van der Waals surface area contributed by atoms with Gasteiger partial charge < -0.3 is 14.5 Å². The molecule has 1 aromatic heterocycles. The summed E-state index contributed by atoms with van der Waals surface area (Å²) in [5.41, 5.74) is 1.93. The third-order valence-electron chi connectivity index (χ3n) is 4.73. The van der Waals surface area contributed by atoms with E-state index >= 15 is 0 Å². The number of nitrogens with one attached hydrogen (secondary N) is 1. The van der Waals surface area contributed by atoms with E-state index in [0.717, 1.165) is 5.56 Å². The molecule has 1 unspecified atom stereocenters. The van der Waals surface area contributed by atoms with Crippen LogP contribution in [0.15, 0.2) is 65.1 Å². The van der Waals surface area contributed by atoms with Crippen LogP contribution in [0.4, 0.5) is 0 Å². The Morgan fingerprint density at radius 1 is 1.00 bits per heavy atom. The molecule has 0 aliphatic carbocycles. The number of halogens is 1. The highest BCUT2D eigenvalue weighted by atomic mass is 35.5. The molecule has 1 amide bonds. The van der Waals surface area contributed by atoms with Crippen LogP contribution in [-0.4, -0.2) is 23.8 Å². The lowest BCUT2D eigenvalue weighted by molar-refractivity contribution is -0.147. The molecular weight excluding hydrogens is 430 g/mol. The average molecular weight is 454 g/mol. The number of benzene rings is 2. The van der Waals surface area contributed by atoms with Crippen LogP contribution in [0.2, 0.25) is 5.02 Å². The second-order valence-electron chi connectivity index (χ2n) is 7.59. The van der Waals surface area contributed by atoms with Gasteiger partial charge in [-0.15, -0.1) is 0 Å². The van der Waals surface area contributed by atoms with E-state index in [0.29, 0.717) is 21.9 Å². The Kier molecular flexibility index (Phi) is 7.49. The number of carbonyl (C=O) groups is 3. The van der Waals surface area contributed by atoms with Crippen LogP contribution in [-0.2, 0) is 9.53 Å². The molecule has 7 heteroatoms. The van der Waals surface area contributed by atoms with E-state index in [9.17, 15) is 14.4 Å². The first-order valence-electron chi connectivity index (χ1n) is 10.2. The maximum atomic E-state index is 12.9. The van der Waals surface area contributed by atoms with Crippen molar-refractivity contribution in [2.75, 3.05) is 0 Å². The van der Waals surface area contributed by atoms with Crippen LogP contribution in [0.3, 0.4) is 0 Å². The molecule has 1 atom stereocenters. The number of hydrogen-bond acceptors (Lipinski definition) is 5. The topological polar surface area (TPSA) is 85.6 Å². The zero-order valence-electron chi connectivity index (χ0n) is 18.1. The summed E-state index contributed by atoms with van der Waals surface area (Å²) in [5.74, 6) is -0.392. The first-order chi connectivity index (χ1) is 15.2. The van der Waals surface area contributed by atoms with Gasteiger partial charge in [0.1, 0.15) is 5.76 Å². The Morgan fingerprint density at radius 3 is 2.31 bits per heavy atom. The van der Waals surface area contributed by atoms with Gasteiger partial charge in [0, 0.05) is 16.1 Å². The highest BCUT2D eigenvalue weighted by Gasteiger charge is 2.24. The van der Waals surface area contributed by atoms with E-state index in [1.165, 1.54) is 6.92 Å². The van der Waals surface area contributed by atoms with Crippen molar-refractivity contribution in [1.29, 1.82) is 0 Å². The van der Waals surface area contributed by atoms with E-state index in [1.54, 1.807) is 74.5 Å². The van der Waals surface area contributed by atoms with Gasteiger partial charge >= 0.3 is 5.97 Å². The van der Waals surface area contributed by atoms with Gasteiger partial charge in [0.2, 0.25) is 0 Å². The molecule has 3 rings (SSSR count). The third kappa shape index (κ3) is 5.86. The second-order valence-corrected chi connectivity index (χ2v) is 7.99. The molecule has 6 nitrogen and oxygen atoms in total. The number of Topliss-reactive ketones (excluding diaryl/α,β-unsaturated/α-hetero) is 1. The van der Waals surface area contributed by atoms with Gasteiger partial charge in [0.15, 0.2) is 11.5 Å². The molecule has 0 saturated carbocycles. The van der Waals surface area contributed by atoms with Gasteiger partial charge in [-0.25, -0.2) is 0 Å². The molecule has 0 aliphatic rings. The van der Waals surface area contributed by atoms with Crippen molar-refractivity contribution >= 4 is 29.3 Å². The molecule has 1 heterocycles. The molecule has 0 saturated heterocycles. The predicted molar refractivity (Wildman–Crippen MR) is 122 cm³/mol. The largest absolute Gasteiger partial charge is 0.463 e. The van der Waals surface area contributed by atoms with Crippen molar-refractivity contribution in [2.45, 2.75) is 39.3 Å². The standard InChI is InChI=1S/C25H24ClNO5/c1-15(2)31-24(29)14-21(19-6-4-5-7-20(19)26)27-25(30)23-13-12-22(32-23)18-10-8-17(9-11-18)16(3)28/h4-13,15,21H,14H2,1-3H3,(H,27,30). The molecule has 0 bridgehead atoms. The zero-order valence-corrected chi connectivity index (χ0v) is 18.8. The summed E-state index contributed by atoms with van der Waals surface area (Å²) in [4.78, 5) is 36.6. The van der Waals surface area contributed by atoms with Crippen molar-refractivity contribution in [3.8, 4) is 11.3 Å². The summed E-state index contributed by atoms with van der Waals surface area (Å²) in [6, 6.07) is 16.5. The number of rotatable bonds is 8. The summed E-state index contributed by atoms with van der Waals surface area (Å²) in [5, 5.41) is 3.25. The predicted octanol–water partition coefficient (Wildman–Crippen LogP) is 5.62. The Morgan fingerprint density at radius 2 is 1.69 bits per heavy atom. The number of carbonyl (C=O) groups excluding carboxylic acids is 3. The summed E-state index contributed by atoms with van der Waals surface area (Å²) in [6.45, 7) is 5.01. The van der Waals surface area contributed by atoms with Crippen molar-refractivity contribution < 1.29 is 23.5 Å². The number of ether oxygens (including phenoxy) is 1. The minimum Gasteiger partial charge on any atom is -0.463 e. The van der Waals surface area contributed by atoms with Crippen LogP contribution in [0.25, 0.3) is 11.3 Å². The fourth-order valence-corrected chi connectivity index (χ4v) is 3.46. The maximum Gasteiger partial charge on any atom is 0.308 e. The van der Waals surface area contributed by atoms with E-state index in [1.807, 2.05) is 0 Å². The maximum absolute atomic E-state index is 12.9. The SMILES string of the molecule is CC(=O)c1ccc(-c2ccc(C(=O)NC(CC(=O)OC(C)C)c3ccccc3Cl)o2)cc1. The lowest BCUT2D eigenvalue weighted by Crippen LogP contribution is -2.31. The van der Waals surface area contributed by atoms with E-state index < -0.39 is 17.9 Å². The average Bonchev–Trinajstić information content (AvgIpc) is 3.23. The summed E-state index contributed by atoms with van der Waals surface area (Å²) in [7, 11) is 0. The van der Waals surface area contributed by atoms with Crippen molar-refractivity contribution in [1.82, 2.24) is 5.32 Å². The molecule has 2 aromatic carbocycles. The Labute approximate surface area is 191 Å². The number of ketones is 1. The first-order valence-corrected chi connectivity index (χ1v) is 10.6. The third-order valence-corrected chi connectivity index (χ3v) is 5.07. The molecule has 0 radical (unpaired) electrons. The molecule has 166 valence electrons. The lowest BCUT2D eigenvalue weighted by Gasteiger charge is -2.20. The van der Waals surface area contributed by atoms with Crippen LogP contribution in [0, 0.1) is 0 Å². The number of furan rings is 1. The summed E-state index contributed by atoms with van der Waals surface area (Å²) < 4.78 is 11.0. The van der Waals surface area contributed by atoms with Gasteiger partial charge in [-0.3, -0.25) is 14.4 Å². The van der Waals surface area contributed by atoms with Crippen molar-refractivity contribution in [3.05, 3.63) is 82.6 Å². The van der Waals surface area contributed by atoms with Crippen LogP contribution < -0.4 is 5.32 Å². The Bertz CT molecular complexity index is 1120. The molecule has 0 aliphatic heterocycles. The smallest absolute Gasteiger partial charge is 0.308 e. The summed E-state index contributed by atoms with van der Waals surface area (Å²) in [6.07, 6.45) is -0.347. The van der Waals surface area contributed by atoms with Crippen LogP contribution in [0.1, 0.15) is 59.7 Å². The van der Waals surface area contributed by atoms with Gasteiger partial charge in [-0.2, -0.15) is 0 Å². The van der Waals surface area contributed by atoms with E-state index in [4.69, 9.17) is 20.8 Å². The minimum absolute atomic E-state index is 0.0299. The lowest BCUT2D eigenvalue weighted by atomic mass is 10.0. The van der Waals surface area contributed by atoms with E-state index in [2.05, 4.69) is 5.32 Å². The normalized spacial score (nSPS) is 11.8. The molecule has 32 heavy (non-hydrogen) atoms. The van der Waals surface area contributed by atoms with Gasteiger partial charge in [0.05, 0.1) is 18.6 Å². The molecule has 0 spiro atoms.